The molecule has 0 aliphatic heterocycles. The molecular weight excluding hydrogens is 339 g/mol. The summed E-state index contributed by atoms with van der Waals surface area (Å²) in [6, 6.07) is 8.11. The lowest BCUT2D eigenvalue weighted by molar-refractivity contribution is 0.0692. The van der Waals surface area contributed by atoms with Crippen molar-refractivity contribution >= 4 is 32.9 Å². The Balaban J connectivity index is 2.16. The number of nitrogens with zero attached hydrogens (tertiary/aromatic N) is 1. The summed E-state index contributed by atoms with van der Waals surface area (Å²) in [5.41, 5.74) is 2.40. The van der Waals surface area contributed by atoms with Gasteiger partial charge in [0.05, 0.1) is 16.6 Å². The number of carboxylic acids is 1. The maximum atomic E-state index is 13.7. The summed E-state index contributed by atoms with van der Waals surface area (Å²) in [5.74, 6) is -1.52. The number of carbonyl (C=O) groups is 1. The average Bonchev–Trinajstić information content (AvgIpc) is 2.83. The van der Waals surface area contributed by atoms with Gasteiger partial charge in [-0.05, 0) is 30.7 Å². The second kappa shape index (κ2) is 4.96. The van der Waals surface area contributed by atoms with Gasteiger partial charge in [-0.25, -0.2) is 14.2 Å². The highest BCUT2D eigenvalue weighted by Crippen LogP contribution is 2.26. The predicted octanol–water partition coefficient (Wildman–Crippen LogP) is 4.14. The number of imidazole rings is 1. The molecule has 0 spiro atoms. The van der Waals surface area contributed by atoms with E-state index < -0.39 is 11.8 Å². The first-order chi connectivity index (χ1) is 9.95. The molecule has 6 heteroatoms. The quantitative estimate of drug-likeness (QED) is 0.731. The lowest BCUT2D eigenvalue weighted by Crippen LogP contribution is -1.99. The number of aromatic amines is 1. The molecule has 0 aliphatic carbocycles. The first-order valence-electron chi connectivity index (χ1n) is 6.15. The van der Waals surface area contributed by atoms with E-state index in [1.807, 2.05) is 25.1 Å². The van der Waals surface area contributed by atoms with Gasteiger partial charge in [0.15, 0.2) is 0 Å². The zero-order valence-electron chi connectivity index (χ0n) is 10.9. The second-order valence-electron chi connectivity index (χ2n) is 4.70. The number of aromatic nitrogens is 2. The van der Waals surface area contributed by atoms with Crippen LogP contribution < -0.4 is 0 Å². The normalized spacial score (nSPS) is 11.0. The van der Waals surface area contributed by atoms with Gasteiger partial charge in [0.1, 0.15) is 11.6 Å². The van der Waals surface area contributed by atoms with Crippen molar-refractivity contribution in [3.8, 4) is 11.4 Å². The summed E-state index contributed by atoms with van der Waals surface area (Å²) >= 11 is 3.43. The number of hydrogen-bond acceptors (Lipinski definition) is 2. The molecule has 0 saturated heterocycles. The Labute approximate surface area is 127 Å². The number of nitrogens with one attached hydrogen (secondary N) is 1. The van der Waals surface area contributed by atoms with Crippen molar-refractivity contribution in [2.24, 2.45) is 0 Å². The molecule has 4 nitrogen and oxygen atoms in total. The van der Waals surface area contributed by atoms with Crippen LogP contribution in [0, 0.1) is 12.7 Å². The van der Waals surface area contributed by atoms with Crippen LogP contribution in [0.5, 0.6) is 0 Å². The van der Waals surface area contributed by atoms with Crippen molar-refractivity contribution in [3.05, 3.63) is 51.7 Å². The van der Waals surface area contributed by atoms with E-state index >= 15 is 0 Å². The fourth-order valence-corrected chi connectivity index (χ4v) is 2.37. The molecule has 21 heavy (non-hydrogen) atoms. The molecule has 2 aromatic carbocycles. The van der Waals surface area contributed by atoms with Crippen LogP contribution in [0.2, 0.25) is 0 Å². The highest BCUT2D eigenvalue weighted by atomic mass is 79.9. The highest BCUT2D eigenvalue weighted by molar-refractivity contribution is 9.10. The van der Waals surface area contributed by atoms with Crippen LogP contribution in [0.1, 0.15) is 15.9 Å². The summed E-state index contributed by atoms with van der Waals surface area (Å²) in [5, 5.41) is 8.93. The van der Waals surface area contributed by atoms with Gasteiger partial charge in [-0.15, -0.1) is 0 Å². The van der Waals surface area contributed by atoms with Crippen LogP contribution in [-0.4, -0.2) is 21.0 Å². The standard InChI is InChI=1S/C15H10BrFN2O2/c1-7-4-8(2-3-10(7)16)14-18-12-5-9(15(20)21)11(17)6-13(12)19-14/h2-6H,1H3,(H,18,19)(H,20,21). The highest BCUT2D eigenvalue weighted by Gasteiger charge is 2.14. The molecular formula is C15H10BrFN2O2. The number of halogens is 2. The van der Waals surface area contributed by atoms with E-state index in [0.29, 0.717) is 16.9 Å². The Morgan fingerprint density at radius 1 is 1.33 bits per heavy atom. The molecule has 0 bridgehead atoms. The molecule has 3 aromatic rings. The molecule has 2 N–H and O–H groups in total. The summed E-state index contributed by atoms with van der Waals surface area (Å²) in [7, 11) is 0. The van der Waals surface area contributed by atoms with Gasteiger partial charge in [0, 0.05) is 16.1 Å². The minimum absolute atomic E-state index is 0.382. The molecule has 0 aliphatic rings. The summed E-state index contributed by atoms with van der Waals surface area (Å²) in [6.45, 7) is 1.96. The Hall–Kier alpha value is -2.21. The van der Waals surface area contributed by atoms with E-state index in [4.69, 9.17) is 5.11 Å². The number of aryl methyl sites for hydroxylation is 1. The number of fused-ring (bicyclic) bond motifs is 1. The summed E-state index contributed by atoms with van der Waals surface area (Å²) in [6.07, 6.45) is 0. The van der Waals surface area contributed by atoms with E-state index in [-0.39, 0.29) is 5.56 Å². The number of carboxylic acid groups (broad SMARTS) is 1. The Morgan fingerprint density at radius 3 is 2.76 bits per heavy atom. The topological polar surface area (TPSA) is 66.0 Å². The summed E-state index contributed by atoms with van der Waals surface area (Å²) in [4.78, 5) is 18.3. The number of aromatic carboxylic acids is 1. The zero-order chi connectivity index (χ0) is 15.1. The maximum absolute atomic E-state index is 13.7. The van der Waals surface area contributed by atoms with Gasteiger partial charge in [0.25, 0.3) is 0 Å². The van der Waals surface area contributed by atoms with Crippen LogP contribution in [0.3, 0.4) is 0 Å². The van der Waals surface area contributed by atoms with Gasteiger partial charge in [-0.1, -0.05) is 22.0 Å². The molecule has 0 fully saturated rings. The number of H-pyrrole nitrogens is 1. The lowest BCUT2D eigenvalue weighted by atomic mass is 10.1. The lowest BCUT2D eigenvalue weighted by Gasteiger charge is -2.00. The smallest absolute Gasteiger partial charge is 0.338 e. The third-order valence-electron chi connectivity index (χ3n) is 3.23. The largest absolute Gasteiger partial charge is 0.478 e. The van der Waals surface area contributed by atoms with Crippen LogP contribution in [0.4, 0.5) is 4.39 Å². The van der Waals surface area contributed by atoms with E-state index in [1.165, 1.54) is 6.07 Å². The van der Waals surface area contributed by atoms with Gasteiger partial charge >= 0.3 is 5.97 Å². The van der Waals surface area contributed by atoms with Crippen LogP contribution in [0.15, 0.2) is 34.8 Å². The van der Waals surface area contributed by atoms with Crippen LogP contribution in [-0.2, 0) is 0 Å². The fraction of sp³-hybridized carbons (Fsp3) is 0.0667. The first kappa shape index (κ1) is 13.8. The van der Waals surface area contributed by atoms with E-state index in [2.05, 4.69) is 25.9 Å². The van der Waals surface area contributed by atoms with E-state index in [0.717, 1.165) is 21.7 Å². The number of benzene rings is 2. The van der Waals surface area contributed by atoms with Crippen LogP contribution >= 0.6 is 15.9 Å². The van der Waals surface area contributed by atoms with Gasteiger partial charge < -0.3 is 10.1 Å². The fourth-order valence-electron chi connectivity index (χ4n) is 2.12. The average molecular weight is 349 g/mol. The summed E-state index contributed by atoms with van der Waals surface area (Å²) < 4.78 is 14.7. The molecule has 106 valence electrons. The SMILES string of the molecule is Cc1cc(-c2nc3cc(C(=O)O)c(F)cc3[nH]2)ccc1Br. The van der Waals surface area contributed by atoms with Crippen molar-refractivity contribution in [1.29, 1.82) is 0 Å². The number of rotatable bonds is 2. The second-order valence-corrected chi connectivity index (χ2v) is 5.56. The molecule has 0 radical (unpaired) electrons. The molecule has 1 heterocycles. The predicted molar refractivity (Wildman–Crippen MR) is 80.9 cm³/mol. The number of hydrogen-bond donors (Lipinski definition) is 2. The van der Waals surface area contributed by atoms with Crippen molar-refractivity contribution in [1.82, 2.24) is 9.97 Å². The van der Waals surface area contributed by atoms with Crippen LogP contribution in [0.25, 0.3) is 22.4 Å². The Bertz CT molecular complexity index is 873. The molecule has 0 atom stereocenters. The van der Waals surface area contributed by atoms with E-state index in [1.54, 1.807) is 0 Å². The molecule has 1 aromatic heterocycles. The first-order valence-corrected chi connectivity index (χ1v) is 6.94. The molecule has 0 amide bonds. The van der Waals surface area contributed by atoms with Gasteiger partial charge in [-0.2, -0.15) is 0 Å². The third kappa shape index (κ3) is 2.42. The van der Waals surface area contributed by atoms with E-state index in [9.17, 15) is 9.18 Å². The van der Waals surface area contributed by atoms with Gasteiger partial charge in [-0.3, -0.25) is 0 Å². The monoisotopic (exact) mass is 348 g/mol. The molecule has 3 rings (SSSR count). The van der Waals surface area contributed by atoms with Crippen molar-refractivity contribution in [2.45, 2.75) is 6.92 Å². The molecule has 0 saturated carbocycles. The zero-order valence-corrected chi connectivity index (χ0v) is 12.5. The van der Waals surface area contributed by atoms with Crippen molar-refractivity contribution < 1.29 is 14.3 Å². The molecule has 0 unspecified atom stereocenters. The Kier molecular flexibility index (Phi) is 3.25. The third-order valence-corrected chi connectivity index (χ3v) is 4.12. The minimum atomic E-state index is -1.31. The van der Waals surface area contributed by atoms with Crippen molar-refractivity contribution in [2.75, 3.05) is 0 Å². The van der Waals surface area contributed by atoms with Crippen molar-refractivity contribution in [3.63, 3.8) is 0 Å². The minimum Gasteiger partial charge on any atom is -0.478 e. The van der Waals surface area contributed by atoms with Gasteiger partial charge in [0.2, 0.25) is 0 Å². The maximum Gasteiger partial charge on any atom is 0.338 e. The Morgan fingerprint density at radius 2 is 2.10 bits per heavy atom.